The van der Waals surface area contributed by atoms with Gasteiger partial charge in [0.25, 0.3) is 0 Å². The number of thiophene rings is 1. The molecule has 5 nitrogen and oxygen atoms in total. The predicted octanol–water partition coefficient (Wildman–Crippen LogP) is 7.63. The molecule has 0 bridgehead atoms. The molecule has 1 fully saturated rings. The number of benzene rings is 2. The molecule has 0 atom stereocenters. The number of hydrogen-bond donors (Lipinski definition) is 1. The van der Waals surface area contributed by atoms with Gasteiger partial charge in [-0.1, -0.05) is 6.07 Å². The first kappa shape index (κ1) is 33.4. The molecule has 1 aromatic heterocycles. The van der Waals surface area contributed by atoms with E-state index in [0.29, 0.717) is 41.2 Å². The number of anilines is 1. The Morgan fingerprint density at radius 2 is 1.52 bits per heavy atom. The highest BCUT2D eigenvalue weighted by Gasteiger charge is 2.44. The monoisotopic (exact) mass is 641 g/mol. The highest BCUT2D eigenvalue weighted by atomic mass is 32.1. The standard InChI is InChI=1S/C31H30F7N3O2S/c1-17-12-21(32)6-7-22(17)25-24(23(16-39)26(44-25)29(43)8-10-40(4)11-9-29)41(5)27(42)28(2,3)18-13-19(30(33,34)35)15-20(14-18)31(36,37)38/h6-7,12-15,43H,8-11H2,1-5H3. The number of aryl methyl sites for hydroxylation is 1. The number of rotatable bonds is 5. The summed E-state index contributed by atoms with van der Waals surface area (Å²) in [5.41, 5.74) is -6.16. The van der Waals surface area contributed by atoms with Crippen molar-refractivity contribution < 1.29 is 40.6 Å². The Balaban J connectivity index is 1.93. The average Bonchev–Trinajstić information content (AvgIpc) is 3.33. The number of carbonyl (C=O) groups is 1. The third kappa shape index (κ3) is 6.20. The quantitative estimate of drug-likeness (QED) is 0.291. The first-order valence-electron chi connectivity index (χ1n) is 13.5. The zero-order valence-corrected chi connectivity index (χ0v) is 25.4. The lowest BCUT2D eigenvalue weighted by atomic mass is 9.81. The number of halogens is 7. The lowest BCUT2D eigenvalue weighted by Gasteiger charge is -2.36. The van der Waals surface area contributed by atoms with Crippen molar-refractivity contribution in [2.75, 3.05) is 32.1 Å². The molecule has 1 amide bonds. The lowest BCUT2D eigenvalue weighted by Crippen LogP contribution is -2.42. The van der Waals surface area contributed by atoms with Gasteiger partial charge in [-0.15, -0.1) is 11.3 Å². The molecular weight excluding hydrogens is 611 g/mol. The number of hydrogen-bond acceptors (Lipinski definition) is 5. The highest BCUT2D eigenvalue weighted by Crippen LogP contribution is 2.50. The first-order valence-corrected chi connectivity index (χ1v) is 14.4. The summed E-state index contributed by atoms with van der Waals surface area (Å²) < 4.78 is 95.9. The van der Waals surface area contributed by atoms with Crippen molar-refractivity contribution in [1.82, 2.24) is 4.90 Å². The maximum atomic E-state index is 14.1. The molecule has 2 aromatic carbocycles. The Hall–Kier alpha value is -3.47. The van der Waals surface area contributed by atoms with Crippen molar-refractivity contribution in [3.8, 4) is 16.5 Å². The first-order chi connectivity index (χ1) is 20.2. The second-order valence-corrected chi connectivity index (χ2v) is 12.7. The molecule has 0 aliphatic carbocycles. The zero-order chi connectivity index (χ0) is 33.0. The van der Waals surface area contributed by atoms with Crippen LogP contribution in [0.15, 0.2) is 36.4 Å². The summed E-state index contributed by atoms with van der Waals surface area (Å²) in [5, 5.41) is 22.1. The number of likely N-dealkylation sites (N-methyl/N-ethyl adjacent to an activating group) is 1. The van der Waals surface area contributed by atoms with E-state index in [9.17, 15) is 45.9 Å². The van der Waals surface area contributed by atoms with Crippen LogP contribution in [0.4, 0.5) is 36.4 Å². The number of piperidine rings is 1. The minimum atomic E-state index is -5.12. The summed E-state index contributed by atoms with van der Waals surface area (Å²) in [6, 6.07) is 6.98. The maximum absolute atomic E-state index is 14.1. The molecule has 0 radical (unpaired) electrons. The molecule has 0 spiro atoms. The molecule has 2 heterocycles. The van der Waals surface area contributed by atoms with Crippen LogP contribution >= 0.6 is 11.3 Å². The van der Waals surface area contributed by atoms with Gasteiger partial charge in [0.05, 0.1) is 37.5 Å². The summed E-state index contributed by atoms with van der Waals surface area (Å²) in [4.78, 5) is 17.8. The van der Waals surface area contributed by atoms with Gasteiger partial charge in [0.1, 0.15) is 17.5 Å². The van der Waals surface area contributed by atoms with Crippen molar-refractivity contribution >= 4 is 22.9 Å². The summed E-state index contributed by atoms with van der Waals surface area (Å²) in [7, 11) is 3.15. The zero-order valence-electron chi connectivity index (χ0n) is 24.5. The summed E-state index contributed by atoms with van der Waals surface area (Å²) in [6.45, 7) is 5.05. The summed E-state index contributed by atoms with van der Waals surface area (Å²) in [5.74, 6) is -1.43. The Bertz CT molecular complexity index is 1600. The van der Waals surface area contributed by atoms with Gasteiger partial charge in [0.15, 0.2) is 0 Å². The molecule has 1 saturated heterocycles. The van der Waals surface area contributed by atoms with Gasteiger partial charge in [-0.25, -0.2) is 4.39 Å². The Morgan fingerprint density at radius 3 is 2.00 bits per heavy atom. The van der Waals surface area contributed by atoms with Gasteiger partial charge in [0, 0.05) is 20.1 Å². The maximum Gasteiger partial charge on any atom is 0.416 e. The van der Waals surface area contributed by atoms with Crippen LogP contribution in [-0.4, -0.2) is 43.1 Å². The van der Waals surface area contributed by atoms with E-state index in [1.54, 1.807) is 6.92 Å². The third-order valence-corrected chi connectivity index (χ3v) is 9.55. The Labute approximate surface area is 254 Å². The minimum absolute atomic E-state index is 0.00950. The van der Waals surface area contributed by atoms with Gasteiger partial charge in [-0.2, -0.15) is 31.6 Å². The third-order valence-electron chi connectivity index (χ3n) is 8.15. The van der Waals surface area contributed by atoms with E-state index < -0.39 is 51.8 Å². The van der Waals surface area contributed by atoms with Crippen LogP contribution in [0.1, 0.15) is 59.4 Å². The summed E-state index contributed by atoms with van der Waals surface area (Å²) in [6.07, 6.45) is -9.69. The van der Waals surface area contributed by atoms with Crippen molar-refractivity contribution in [3.63, 3.8) is 0 Å². The van der Waals surface area contributed by atoms with Crippen molar-refractivity contribution in [1.29, 1.82) is 5.26 Å². The molecule has 13 heteroatoms. The predicted molar refractivity (Wildman–Crippen MR) is 153 cm³/mol. The molecular formula is C31H30F7N3O2S. The molecule has 0 saturated carbocycles. The van der Waals surface area contributed by atoms with Gasteiger partial charge in [0.2, 0.25) is 5.91 Å². The van der Waals surface area contributed by atoms with Crippen LogP contribution in [0.5, 0.6) is 0 Å². The minimum Gasteiger partial charge on any atom is -0.384 e. The van der Waals surface area contributed by atoms with E-state index in [1.807, 2.05) is 11.9 Å². The number of nitrogens with zero attached hydrogens (tertiary/aromatic N) is 3. The van der Waals surface area contributed by atoms with Crippen LogP contribution < -0.4 is 4.90 Å². The normalized spacial score (nSPS) is 16.1. The van der Waals surface area contributed by atoms with Crippen LogP contribution in [0.25, 0.3) is 10.4 Å². The van der Waals surface area contributed by atoms with E-state index in [1.165, 1.54) is 39.1 Å². The Kier molecular flexibility index (Phi) is 8.71. The number of likely N-dealkylation sites (tertiary alicyclic amines) is 1. The van der Waals surface area contributed by atoms with Gasteiger partial charge >= 0.3 is 12.4 Å². The van der Waals surface area contributed by atoms with E-state index in [2.05, 4.69) is 6.07 Å². The Morgan fingerprint density at radius 1 is 1.00 bits per heavy atom. The molecule has 0 unspecified atom stereocenters. The lowest BCUT2D eigenvalue weighted by molar-refractivity contribution is -0.143. The molecule has 236 valence electrons. The van der Waals surface area contributed by atoms with Crippen LogP contribution in [0.2, 0.25) is 0 Å². The van der Waals surface area contributed by atoms with Crippen LogP contribution in [0.3, 0.4) is 0 Å². The fraction of sp³-hybridized carbons (Fsp3) is 0.419. The fourth-order valence-electron chi connectivity index (χ4n) is 5.41. The largest absolute Gasteiger partial charge is 0.416 e. The SMILES string of the molecule is Cc1cc(F)ccc1-c1sc(C2(O)CCN(C)CC2)c(C#N)c1N(C)C(=O)C(C)(C)c1cc(C(F)(F)F)cc(C(F)(F)F)c1. The second-order valence-electron chi connectivity index (χ2n) is 11.7. The molecule has 44 heavy (non-hydrogen) atoms. The molecule has 1 aliphatic heterocycles. The van der Waals surface area contributed by atoms with Gasteiger partial charge < -0.3 is 14.9 Å². The fourth-order valence-corrected chi connectivity index (χ4v) is 6.93. The van der Waals surface area contributed by atoms with E-state index in [-0.39, 0.29) is 35.0 Å². The average molecular weight is 642 g/mol. The number of carbonyl (C=O) groups excluding carboxylic acids is 1. The van der Waals surface area contributed by atoms with Gasteiger partial charge in [-0.05, 0) is 87.7 Å². The van der Waals surface area contributed by atoms with Crippen molar-refractivity contribution in [3.05, 3.63) is 74.9 Å². The van der Waals surface area contributed by atoms with Crippen LogP contribution in [0, 0.1) is 24.1 Å². The molecule has 4 rings (SSSR count). The van der Waals surface area contributed by atoms with E-state index >= 15 is 0 Å². The van der Waals surface area contributed by atoms with Crippen molar-refractivity contribution in [2.24, 2.45) is 0 Å². The van der Waals surface area contributed by atoms with E-state index in [4.69, 9.17) is 0 Å². The number of aliphatic hydroxyl groups is 1. The molecule has 3 aromatic rings. The number of nitriles is 1. The highest BCUT2D eigenvalue weighted by molar-refractivity contribution is 7.16. The topological polar surface area (TPSA) is 67.6 Å². The van der Waals surface area contributed by atoms with E-state index in [0.717, 1.165) is 16.2 Å². The van der Waals surface area contributed by atoms with Crippen LogP contribution in [-0.2, 0) is 28.2 Å². The smallest absolute Gasteiger partial charge is 0.384 e. The van der Waals surface area contributed by atoms with Gasteiger partial charge in [-0.3, -0.25) is 4.79 Å². The summed E-state index contributed by atoms with van der Waals surface area (Å²) >= 11 is 1.05. The van der Waals surface area contributed by atoms with Crippen molar-refractivity contribution in [2.45, 2.75) is 57.0 Å². The second kappa shape index (κ2) is 11.5. The molecule has 1 aliphatic rings. The number of alkyl halides is 6. The number of amides is 1. The molecule has 1 N–H and O–H groups in total.